The Balaban J connectivity index is 1.76. The minimum Gasteiger partial charge on any atom is -0.495 e. The number of rotatable bonds is 10. The van der Waals surface area contributed by atoms with Crippen molar-refractivity contribution in [3.63, 3.8) is 0 Å². The van der Waals surface area contributed by atoms with Crippen LogP contribution in [0.5, 0.6) is 11.5 Å². The van der Waals surface area contributed by atoms with Crippen LogP contribution in [0.4, 0.5) is 5.69 Å². The zero-order valence-electron chi connectivity index (χ0n) is 15.2. The number of anilines is 1. The summed E-state index contributed by atoms with van der Waals surface area (Å²) < 4.78 is 10.8. The fourth-order valence-corrected chi connectivity index (χ4v) is 2.17. The van der Waals surface area contributed by atoms with Crippen molar-refractivity contribution in [3.8, 4) is 11.5 Å². The molecule has 2 aromatic carbocycles. The lowest BCUT2D eigenvalue weighted by molar-refractivity contribution is -0.119. The molecule has 0 bridgehead atoms. The monoisotopic (exact) mass is 355 g/mol. The normalized spacial score (nSPS) is 10.5. The molecule has 0 unspecified atom stereocenters. The van der Waals surface area contributed by atoms with E-state index in [2.05, 4.69) is 22.8 Å². The Labute approximate surface area is 154 Å². The van der Waals surface area contributed by atoms with E-state index < -0.39 is 0 Å². The lowest BCUT2D eigenvalue weighted by Gasteiger charge is -2.09. The second-order valence-electron chi connectivity index (χ2n) is 5.62. The quantitative estimate of drug-likeness (QED) is 0.389. The first-order valence-corrected chi connectivity index (χ1v) is 8.64. The first-order valence-electron chi connectivity index (χ1n) is 8.64. The van der Waals surface area contributed by atoms with Crippen molar-refractivity contribution in [2.45, 2.75) is 19.8 Å². The van der Waals surface area contributed by atoms with E-state index in [0.29, 0.717) is 5.75 Å². The van der Waals surface area contributed by atoms with Crippen LogP contribution in [0.1, 0.15) is 25.3 Å². The average Bonchev–Trinajstić information content (AvgIpc) is 2.68. The molecule has 6 heteroatoms. The van der Waals surface area contributed by atoms with Gasteiger partial charge in [-0.1, -0.05) is 25.5 Å². The molecule has 0 aliphatic carbocycles. The van der Waals surface area contributed by atoms with Gasteiger partial charge in [-0.15, -0.1) is 0 Å². The first kappa shape index (κ1) is 19.3. The molecule has 2 N–H and O–H groups in total. The smallest absolute Gasteiger partial charge is 0.259 e. The van der Waals surface area contributed by atoms with Crippen molar-refractivity contribution in [3.05, 3.63) is 54.1 Å². The molecule has 0 fully saturated rings. The third kappa shape index (κ3) is 6.47. The number of ether oxygens (including phenoxy) is 2. The summed E-state index contributed by atoms with van der Waals surface area (Å²) in [5.74, 6) is 1.28. The van der Waals surface area contributed by atoms with Crippen LogP contribution < -0.4 is 20.2 Å². The Bertz CT molecular complexity index is 714. The molecule has 26 heavy (non-hydrogen) atoms. The molecule has 0 saturated carbocycles. The first-order chi connectivity index (χ1) is 12.7. The summed E-state index contributed by atoms with van der Waals surface area (Å²) in [5.41, 5.74) is 4.13. The highest BCUT2D eigenvalue weighted by Gasteiger charge is 2.03. The second-order valence-corrected chi connectivity index (χ2v) is 5.62. The Morgan fingerprint density at radius 3 is 2.65 bits per heavy atom. The van der Waals surface area contributed by atoms with Gasteiger partial charge >= 0.3 is 0 Å². The molecule has 6 nitrogen and oxygen atoms in total. The summed E-state index contributed by atoms with van der Waals surface area (Å²) in [6, 6.07) is 15.0. The van der Waals surface area contributed by atoms with Gasteiger partial charge in [0.2, 0.25) is 0 Å². The van der Waals surface area contributed by atoms with Gasteiger partial charge in [0.1, 0.15) is 11.5 Å². The van der Waals surface area contributed by atoms with Crippen LogP contribution in [0.2, 0.25) is 0 Å². The maximum absolute atomic E-state index is 11.9. The molecule has 2 aromatic rings. The van der Waals surface area contributed by atoms with Crippen molar-refractivity contribution in [2.24, 2.45) is 5.10 Å². The van der Waals surface area contributed by atoms with E-state index in [0.717, 1.165) is 36.4 Å². The van der Waals surface area contributed by atoms with Gasteiger partial charge in [0, 0.05) is 0 Å². The van der Waals surface area contributed by atoms with E-state index in [4.69, 9.17) is 9.47 Å². The van der Waals surface area contributed by atoms with Gasteiger partial charge in [0.05, 0.1) is 32.2 Å². The number of carbonyl (C=O) groups is 1. The average molecular weight is 355 g/mol. The van der Waals surface area contributed by atoms with Gasteiger partial charge in [-0.2, -0.15) is 5.10 Å². The van der Waals surface area contributed by atoms with E-state index in [1.54, 1.807) is 13.3 Å². The number of carbonyl (C=O) groups excluding carboxylic acids is 1. The largest absolute Gasteiger partial charge is 0.495 e. The zero-order chi connectivity index (χ0) is 18.6. The number of nitrogens with one attached hydrogen (secondary N) is 2. The molecular formula is C20H25N3O3. The molecule has 0 spiro atoms. The summed E-state index contributed by atoms with van der Waals surface area (Å²) in [7, 11) is 1.59. The van der Waals surface area contributed by atoms with Gasteiger partial charge in [-0.3, -0.25) is 4.79 Å². The van der Waals surface area contributed by atoms with Crippen LogP contribution in [0.15, 0.2) is 53.6 Å². The van der Waals surface area contributed by atoms with Crippen LogP contribution in [-0.2, 0) is 4.79 Å². The highest BCUT2D eigenvalue weighted by atomic mass is 16.5. The predicted octanol–water partition coefficient (Wildman–Crippen LogP) is 3.44. The summed E-state index contributed by atoms with van der Waals surface area (Å²) >= 11 is 0. The molecular weight excluding hydrogens is 330 g/mol. The van der Waals surface area contributed by atoms with Gasteiger partial charge in [-0.05, 0) is 48.4 Å². The number of amides is 1. The predicted molar refractivity (Wildman–Crippen MR) is 104 cm³/mol. The van der Waals surface area contributed by atoms with Gasteiger partial charge in [0.25, 0.3) is 5.91 Å². The Morgan fingerprint density at radius 2 is 1.92 bits per heavy atom. The fraction of sp³-hybridized carbons (Fsp3) is 0.300. The number of nitrogens with zero attached hydrogens (tertiary/aromatic N) is 1. The summed E-state index contributed by atoms with van der Waals surface area (Å²) in [4.78, 5) is 11.9. The Morgan fingerprint density at radius 1 is 1.15 bits per heavy atom. The van der Waals surface area contributed by atoms with Crippen molar-refractivity contribution in [2.75, 3.05) is 25.6 Å². The molecule has 1 amide bonds. The lowest BCUT2D eigenvalue weighted by Crippen LogP contribution is -2.26. The van der Waals surface area contributed by atoms with Crippen molar-refractivity contribution in [1.29, 1.82) is 0 Å². The van der Waals surface area contributed by atoms with Gasteiger partial charge in [-0.25, -0.2) is 5.43 Å². The minimum atomic E-state index is -0.244. The fourth-order valence-electron chi connectivity index (χ4n) is 2.17. The Kier molecular flexibility index (Phi) is 7.99. The third-order valence-electron chi connectivity index (χ3n) is 3.60. The minimum absolute atomic E-state index is 0.0991. The standard InChI is InChI=1S/C20H25N3O3/c1-3-4-13-26-17-11-9-16(10-12-17)14-22-23-20(24)15-21-18-7-5-6-8-19(18)25-2/h5-12,14,21H,3-4,13,15H2,1-2H3,(H,23,24)/b22-14-. The molecule has 0 saturated heterocycles. The third-order valence-corrected chi connectivity index (χ3v) is 3.60. The maximum Gasteiger partial charge on any atom is 0.259 e. The Hall–Kier alpha value is -3.02. The molecule has 138 valence electrons. The van der Waals surface area contributed by atoms with Crippen LogP contribution in [0, 0.1) is 0 Å². The molecule has 0 atom stereocenters. The van der Waals surface area contributed by atoms with E-state index in [-0.39, 0.29) is 12.5 Å². The molecule has 2 rings (SSSR count). The van der Waals surface area contributed by atoms with E-state index in [1.807, 2.05) is 48.5 Å². The number of hydrazone groups is 1. The van der Waals surface area contributed by atoms with E-state index in [9.17, 15) is 4.79 Å². The SMILES string of the molecule is CCCCOc1ccc(/C=N\NC(=O)CNc2ccccc2OC)cc1. The summed E-state index contributed by atoms with van der Waals surface area (Å²) in [5, 5.41) is 6.98. The van der Waals surface area contributed by atoms with E-state index >= 15 is 0 Å². The maximum atomic E-state index is 11.9. The molecule has 0 aliphatic rings. The number of benzene rings is 2. The highest BCUT2D eigenvalue weighted by molar-refractivity contribution is 5.84. The number of para-hydroxylation sites is 2. The molecule has 0 aliphatic heterocycles. The number of unbranched alkanes of at least 4 members (excludes halogenated alkanes) is 1. The number of methoxy groups -OCH3 is 1. The zero-order valence-corrected chi connectivity index (χ0v) is 15.2. The number of hydrogen-bond acceptors (Lipinski definition) is 5. The summed E-state index contributed by atoms with van der Waals surface area (Å²) in [6.07, 6.45) is 3.74. The van der Waals surface area contributed by atoms with Gasteiger partial charge < -0.3 is 14.8 Å². The molecule has 0 heterocycles. The topological polar surface area (TPSA) is 72.0 Å². The van der Waals surface area contributed by atoms with Crippen molar-refractivity contribution < 1.29 is 14.3 Å². The number of hydrogen-bond donors (Lipinski definition) is 2. The van der Waals surface area contributed by atoms with E-state index in [1.165, 1.54) is 0 Å². The molecule has 0 radical (unpaired) electrons. The molecule has 0 aromatic heterocycles. The second kappa shape index (κ2) is 10.8. The van der Waals surface area contributed by atoms with Crippen LogP contribution >= 0.6 is 0 Å². The van der Waals surface area contributed by atoms with Crippen LogP contribution in [0.3, 0.4) is 0 Å². The van der Waals surface area contributed by atoms with Gasteiger partial charge in [0.15, 0.2) is 0 Å². The summed E-state index contributed by atoms with van der Waals surface area (Å²) in [6.45, 7) is 2.95. The highest BCUT2D eigenvalue weighted by Crippen LogP contribution is 2.22. The van der Waals surface area contributed by atoms with Crippen molar-refractivity contribution in [1.82, 2.24) is 5.43 Å². The van der Waals surface area contributed by atoms with Crippen LogP contribution in [0.25, 0.3) is 0 Å². The van der Waals surface area contributed by atoms with Crippen LogP contribution in [-0.4, -0.2) is 32.4 Å². The lowest BCUT2D eigenvalue weighted by atomic mass is 10.2. The van der Waals surface area contributed by atoms with Crippen molar-refractivity contribution >= 4 is 17.8 Å².